The molecule has 1 heterocycles. The Bertz CT molecular complexity index is 769. The highest BCUT2D eigenvalue weighted by atomic mass is 79.9. The van der Waals surface area contributed by atoms with E-state index in [4.69, 9.17) is 4.74 Å². The third-order valence-electron chi connectivity index (χ3n) is 3.13. The van der Waals surface area contributed by atoms with Gasteiger partial charge in [0, 0.05) is 10.0 Å². The van der Waals surface area contributed by atoms with Crippen LogP contribution in [0.25, 0.3) is 22.3 Å². The largest absolute Gasteiger partial charge is 0.480 e. The quantitative estimate of drug-likeness (QED) is 0.700. The average molecular weight is 329 g/mol. The zero-order chi connectivity index (χ0) is 14.1. The van der Waals surface area contributed by atoms with Gasteiger partial charge in [0.15, 0.2) is 5.82 Å². The summed E-state index contributed by atoms with van der Waals surface area (Å²) in [6.07, 6.45) is 0. The maximum atomic E-state index is 5.40. The topological polar surface area (TPSA) is 35.0 Å². The minimum absolute atomic E-state index is 0.590. The fraction of sp³-hybridized carbons (Fsp3) is 0.125. The Labute approximate surface area is 125 Å². The first-order chi connectivity index (χ1) is 9.67. The molecular formula is C16H13BrN2O. The molecule has 4 heteroatoms. The van der Waals surface area contributed by atoms with Crippen molar-refractivity contribution in [1.29, 1.82) is 0 Å². The van der Waals surface area contributed by atoms with Crippen LogP contribution in [0.4, 0.5) is 0 Å². The van der Waals surface area contributed by atoms with Crippen LogP contribution in [0.1, 0.15) is 5.56 Å². The number of hydrogen-bond acceptors (Lipinski definition) is 3. The van der Waals surface area contributed by atoms with Gasteiger partial charge in [-0.15, -0.1) is 0 Å². The molecule has 1 aromatic heterocycles. The molecule has 0 bridgehead atoms. The van der Waals surface area contributed by atoms with E-state index in [9.17, 15) is 0 Å². The van der Waals surface area contributed by atoms with Crippen LogP contribution in [-0.4, -0.2) is 17.1 Å². The summed E-state index contributed by atoms with van der Waals surface area (Å²) in [5, 5.41) is 0.901. The molecule has 0 N–H and O–H groups in total. The van der Waals surface area contributed by atoms with Crippen LogP contribution in [0.15, 0.2) is 46.9 Å². The molecule has 0 saturated carbocycles. The van der Waals surface area contributed by atoms with Crippen molar-refractivity contribution >= 4 is 26.8 Å². The van der Waals surface area contributed by atoms with E-state index in [1.807, 2.05) is 30.3 Å². The summed E-state index contributed by atoms with van der Waals surface area (Å²) in [5.74, 6) is 1.27. The fourth-order valence-electron chi connectivity index (χ4n) is 2.06. The predicted octanol–water partition coefficient (Wildman–Crippen LogP) is 4.38. The van der Waals surface area contributed by atoms with Crippen LogP contribution in [0, 0.1) is 6.92 Å². The van der Waals surface area contributed by atoms with E-state index in [0.29, 0.717) is 11.7 Å². The second-order valence-electron chi connectivity index (χ2n) is 4.58. The number of halogens is 1. The highest BCUT2D eigenvalue weighted by Gasteiger charge is 2.10. The van der Waals surface area contributed by atoms with Gasteiger partial charge in [-0.1, -0.05) is 45.8 Å². The van der Waals surface area contributed by atoms with Gasteiger partial charge < -0.3 is 4.74 Å². The van der Waals surface area contributed by atoms with E-state index >= 15 is 0 Å². The number of aryl methyl sites for hydroxylation is 1. The van der Waals surface area contributed by atoms with Crippen molar-refractivity contribution in [2.24, 2.45) is 0 Å². The highest BCUT2D eigenvalue weighted by Crippen LogP contribution is 2.28. The number of benzene rings is 2. The summed E-state index contributed by atoms with van der Waals surface area (Å²) in [6, 6.07) is 14.0. The van der Waals surface area contributed by atoms with E-state index < -0.39 is 0 Å². The van der Waals surface area contributed by atoms with Crippen LogP contribution >= 0.6 is 15.9 Å². The van der Waals surface area contributed by atoms with Crippen molar-refractivity contribution in [1.82, 2.24) is 9.97 Å². The van der Waals surface area contributed by atoms with E-state index in [1.165, 1.54) is 5.56 Å². The molecule has 0 aliphatic carbocycles. The van der Waals surface area contributed by atoms with Crippen molar-refractivity contribution in [2.45, 2.75) is 6.92 Å². The zero-order valence-corrected chi connectivity index (χ0v) is 12.8. The molecule has 0 fully saturated rings. The Kier molecular flexibility index (Phi) is 3.40. The molecule has 0 spiro atoms. The SMILES string of the molecule is COc1nc(-c2ccc(C)cc2)nc2ccc(Br)cc12. The van der Waals surface area contributed by atoms with E-state index in [1.54, 1.807) is 7.11 Å². The second-order valence-corrected chi connectivity index (χ2v) is 5.50. The molecule has 2 aromatic carbocycles. The summed E-state index contributed by atoms with van der Waals surface area (Å²) >= 11 is 3.46. The van der Waals surface area contributed by atoms with E-state index in [-0.39, 0.29) is 0 Å². The summed E-state index contributed by atoms with van der Waals surface area (Å²) in [4.78, 5) is 9.12. The lowest BCUT2D eigenvalue weighted by atomic mass is 10.1. The lowest BCUT2D eigenvalue weighted by molar-refractivity contribution is 0.403. The monoisotopic (exact) mass is 328 g/mol. The Hall–Kier alpha value is -1.94. The summed E-state index contributed by atoms with van der Waals surface area (Å²) < 4.78 is 6.38. The number of fused-ring (bicyclic) bond motifs is 1. The molecule has 3 rings (SSSR count). The van der Waals surface area contributed by atoms with Crippen LogP contribution in [-0.2, 0) is 0 Å². The number of ether oxygens (including phenoxy) is 1. The maximum absolute atomic E-state index is 5.40. The molecule has 100 valence electrons. The van der Waals surface area contributed by atoms with Crippen LogP contribution in [0.2, 0.25) is 0 Å². The molecule has 0 unspecified atom stereocenters. The summed E-state index contributed by atoms with van der Waals surface area (Å²) in [7, 11) is 1.63. The molecule has 0 atom stereocenters. The number of hydrogen-bond donors (Lipinski definition) is 0. The molecule has 3 aromatic rings. The molecule has 0 radical (unpaired) electrons. The molecule has 0 aliphatic rings. The van der Waals surface area contributed by atoms with Crippen molar-refractivity contribution in [3.8, 4) is 17.3 Å². The number of rotatable bonds is 2. The smallest absolute Gasteiger partial charge is 0.224 e. The van der Waals surface area contributed by atoms with Gasteiger partial charge in [-0.05, 0) is 25.1 Å². The fourth-order valence-corrected chi connectivity index (χ4v) is 2.42. The molecule has 0 amide bonds. The first-order valence-corrected chi connectivity index (χ1v) is 7.05. The van der Waals surface area contributed by atoms with Gasteiger partial charge in [-0.2, -0.15) is 4.98 Å². The summed E-state index contributed by atoms with van der Waals surface area (Å²) in [5.41, 5.74) is 3.07. The molecule has 0 saturated heterocycles. The standard InChI is InChI=1S/C16H13BrN2O/c1-10-3-5-11(6-4-10)15-18-14-8-7-12(17)9-13(14)16(19-15)20-2/h3-9H,1-2H3. The van der Waals surface area contributed by atoms with E-state index in [0.717, 1.165) is 20.9 Å². The van der Waals surface area contributed by atoms with Crippen LogP contribution in [0.5, 0.6) is 5.88 Å². The first-order valence-electron chi connectivity index (χ1n) is 6.26. The Balaban J connectivity index is 2.22. The van der Waals surface area contributed by atoms with E-state index in [2.05, 4.69) is 45.0 Å². The van der Waals surface area contributed by atoms with Gasteiger partial charge in [0.1, 0.15) is 0 Å². The highest BCUT2D eigenvalue weighted by molar-refractivity contribution is 9.10. The molecule has 3 nitrogen and oxygen atoms in total. The van der Waals surface area contributed by atoms with Gasteiger partial charge in [-0.3, -0.25) is 0 Å². The van der Waals surface area contributed by atoms with Gasteiger partial charge in [0.05, 0.1) is 18.0 Å². The van der Waals surface area contributed by atoms with Crippen molar-refractivity contribution in [3.05, 3.63) is 52.5 Å². The first kappa shape index (κ1) is 13.1. The number of methoxy groups -OCH3 is 1. The lowest BCUT2D eigenvalue weighted by Gasteiger charge is -2.08. The minimum Gasteiger partial charge on any atom is -0.480 e. The zero-order valence-electron chi connectivity index (χ0n) is 11.2. The van der Waals surface area contributed by atoms with Gasteiger partial charge in [0.2, 0.25) is 5.88 Å². The average Bonchev–Trinajstić information content (AvgIpc) is 2.47. The van der Waals surface area contributed by atoms with Crippen molar-refractivity contribution in [2.75, 3.05) is 7.11 Å². The van der Waals surface area contributed by atoms with Crippen LogP contribution < -0.4 is 4.74 Å². The molecular weight excluding hydrogens is 316 g/mol. The molecule has 20 heavy (non-hydrogen) atoms. The minimum atomic E-state index is 0.590. The van der Waals surface area contributed by atoms with Crippen LogP contribution in [0.3, 0.4) is 0 Å². The lowest BCUT2D eigenvalue weighted by Crippen LogP contribution is -1.96. The third-order valence-corrected chi connectivity index (χ3v) is 3.62. The van der Waals surface area contributed by atoms with Gasteiger partial charge >= 0.3 is 0 Å². The Morgan fingerprint density at radius 1 is 1.00 bits per heavy atom. The van der Waals surface area contributed by atoms with Crippen molar-refractivity contribution in [3.63, 3.8) is 0 Å². The number of aromatic nitrogens is 2. The van der Waals surface area contributed by atoms with Gasteiger partial charge in [-0.25, -0.2) is 4.98 Å². The normalized spacial score (nSPS) is 10.8. The third kappa shape index (κ3) is 2.39. The maximum Gasteiger partial charge on any atom is 0.224 e. The van der Waals surface area contributed by atoms with Crippen molar-refractivity contribution < 1.29 is 4.74 Å². The van der Waals surface area contributed by atoms with Gasteiger partial charge in [0.25, 0.3) is 0 Å². The Morgan fingerprint density at radius 2 is 1.75 bits per heavy atom. The predicted molar refractivity (Wildman–Crippen MR) is 84.0 cm³/mol. The number of nitrogens with zero attached hydrogens (tertiary/aromatic N) is 2. The second kappa shape index (κ2) is 5.21. The summed E-state index contributed by atoms with van der Waals surface area (Å²) in [6.45, 7) is 2.06. The Morgan fingerprint density at radius 3 is 2.45 bits per heavy atom. The molecule has 0 aliphatic heterocycles.